The van der Waals surface area contributed by atoms with Crippen LogP contribution in [0.2, 0.25) is 0 Å². The summed E-state index contributed by atoms with van der Waals surface area (Å²) >= 11 is 0. The standard InChI is InChI=1S/C18H21N3O4/c1-11-4-6-13(14(8-11)20-17(22)10-19)21-18(23)12-5-7-15(24-2)16(9-12)25-3/h4-9H,10,19H2,1-3H3,(H,20,22)(H,21,23). The SMILES string of the molecule is COc1ccc(C(=O)Nc2ccc(C)cc2NC(=O)CN)cc1OC. The fourth-order valence-electron chi connectivity index (χ4n) is 2.24. The van der Waals surface area contributed by atoms with Crippen LogP contribution < -0.4 is 25.8 Å². The summed E-state index contributed by atoms with van der Waals surface area (Å²) in [6.45, 7) is 1.75. The molecule has 0 spiro atoms. The van der Waals surface area contributed by atoms with Crippen LogP contribution in [0.15, 0.2) is 36.4 Å². The molecule has 2 aromatic carbocycles. The van der Waals surface area contributed by atoms with Gasteiger partial charge >= 0.3 is 0 Å². The highest BCUT2D eigenvalue weighted by Crippen LogP contribution is 2.29. The quantitative estimate of drug-likeness (QED) is 0.746. The van der Waals surface area contributed by atoms with Crippen LogP contribution in [0.5, 0.6) is 11.5 Å². The minimum atomic E-state index is -0.341. The van der Waals surface area contributed by atoms with Crippen LogP contribution in [-0.4, -0.2) is 32.6 Å². The molecule has 0 saturated carbocycles. The van der Waals surface area contributed by atoms with Crippen molar-refractivity contribution in [3.63, 3.8) is 0 Å². The summed E-state index contributed by atoms with van der Waals surface area (Å²) in [4.78, 5) is 24.1. The largest absolute Gasteiger partial charge is 0.493 e. The van der Waals surface area contributed by atoms with E-state index in [1.165, 1.54) is 14.2 Å². The minimum absolute atomic E-state index is 0.142. The van der Waals surface area contributed by atoms with Gasteiger partial charge in [-0.2, -0.15) is 0 Å². The van der Waals surface area contributed by atoms with Gasteiger partial charge in [0.25, 0.3) is 5.91 Å². The lowest BCUT2D eigenvalue weighted by Crippen LogP contribution is -2.23. The van der Waals surface area contributed by atoms with Crippen molar-refractivity contribution >= 4 is 23.2 Å². The Morgan fingerprint density at radius 1 is 0.960 bits per heavy atom. The summed E-state index contributed by atoms with van der Waals surface area (Å²) in [5.41, 5.74) is 7.64. The zero-order valence-corrected chi connectivity index (χ0v) is 14.4. The van der Waals surface area contributed by atoms with E-state index in [2.05, 4.69) is 10.6 Å². The van der Waals surface area contributed by atoms with Crippen molar-refractivity contribution in [1.29, 1.82) is 0 Å². The molecule has 25 heavy (non-hydrogen) atoms. The zero-order valence-electron chi connectivity index (χ0n) is 14.4. The van der Waals surface area contributed by atoms with Gasteiger partial charge in [0, 0.05) is 5.56 Å². The van der Waals surface area contributed by atoms with Crippen molar-refractivity contribution < 1.29 is 19.1 Å². The molecule has 0 bridgehead atoms. The minimum Gasteiger partial charge on any atom is -0.493 e. The number of ether oxygens (including phenoxy) is 2. The molecule has 0 fully saturated rings. The molecule has 0 aliphatic rings. The van der Waals surface area contributed by atoms with Gasteiger partial charge < -0.3 is 25.8 Å². The number of amides is 2. The van der Waals surface area contributed by atoms with Crippen LogP contribution in [0.4, 0.5) is 11.4 Å². The Bertz CT molecular complexity index is 790. The third-order valence-electron chi connectivity index (χ3n) is 3.53. The van der Waals surface area contributed by atoms with E-state index in [-0.39, 0.29) is 18.4 Å². The second kappa shape index (κ2) is 8.16. The van der Waals surface area contributed by atoms with E-state index in [1.54, 1.807) is 30.3 Å². The van der Waals surface area contributed by atoms with Gasteiger partial charge in [-0.3, -0.25) is 9.59 Å². The molecule has 0 radical (unpaired) electrons. The lowest BCUT2D eigenvalue weighted by Gasteiger charge is -2.14. The number of hydrogen-bond donors (Lipinski definition) is 3. The number of rotatable bonds is 6. The van der Waals surface area contributed by atoms with Crippen molar-refractivity contribution in [2.45, 2.75) is 6.92 Å². The number of carbonyl (C=O) groups excluding carboxylic acids is 2. The van der Waals surface area contributed by atoms with Crippen molar-refractivity contribution in [3.05, 3.63) is 47.5 Å². The molecule has 2 rings (SSSR count). The van der Waals surface area contributed by atoms with E-state index in [4.69, 9.17) is 15.2 Å². The maximum atomic E-state index is 12.5. The van der Waals surface area contributed by atoms with Crippen LogP contribution in [0.3, 0.4) is 0 Å². The van der Waals surface area contributed by atoms with Gasteiger partial charge in [-0.1, -0.05) is 6.07 Å². The Morgan fingerprint density at radius 2 is 1.68 bits per heavy atom. The van der Waals surface area contributed by atoms with E-state index < -0.39 is 0 Å². The first-order valence-corrected chi connectivity index (χ1v) is 7.62. The molecule has 2 aromatic rings. The maximum absolute atomic E-state index is 12.5. The predicted molar refractivity (Wildman–Crippen MR) is 96.4 cm³/mol. The van der Waals surface area contributed by atoms with Gasteiger partial charge in [0.1, 0.15) is 0 Å². The monoisotopic (exact) mass is 343 g/mol. The summed E-state index contributed by atoms with van der Waals surface area (Å²) in [6, 6.07) is 10.2. The summed E-state index contributed by atoms with van der Waals surface area (Å²) in [5, 5.41) is 5.46. The number of nitrogens with two attached hydrogens (primary N) is 1. The predicted octanol–water partition coefficient (Wildman–Crippen LogP) is 2.16. The van der Waals surface area contributed by atoms with Crippen molar-refractivity contribution in [1.82, 2.24) is 0 Å². The van der Waals surface area contributed by atoms with Gasteiger partial charge in [0.15, 0.2) is 11.5 Å². The van der Waals surface area contributed by atoms with Crippen LogP contribution in [0.25, 0.3) is 0 Å². The van der Waals surface area contributed by atoms with Gasteiger partial charge in [-0.15, -0.1) is 0 Å². The lowest BCUT2D eigenvalue weighted by atomic mass is 10.1. The van der Waals surface area contributed by atoms with Gasteiger partial charge in [-0.25, -0.2) is 0 Å². The highest BCUT2D eigenvalue weighted by molar-refractivity contribution is 6.07. The normalized spacial score (nSPS) is 10.1. The number of hydrogen-bond acceptors (Lipinski definition) is 5. The maximum Gasteiger partial charge on any atom is 0.255 e. The van der Waals surface area contributed by atoms with E-state index in [0.29, 0.717) is 28.4 Å². The molecule has 0 unspecified atom stereocenters. The molecule has 0 saturated heterocycles. The first kappa shape index (κ1) is 18.3. The first-order chi connectivity index (χ1) is 12.0. The van der Waals surface area contributed by atoms with Gasteiger partial charge in [-0.05, 0) is 42.8 Å². The molecule has 0 aliphatic carbocycles. The molecule has 0 aromatic heterocycles. The molecular weight excluding hydrogens is 322 g/mol. The Kier molecular flexibility index (Phi) is 5.97. The Labute approximate surface area is 146 Å². The van der Waals surface area contributed by atoms with Crippen LogP contribution in [0, 0.1) is 6.92 Å². The third-order valence-corrected chi connectivity index (χ3v) is 3.53. The molecule has 0 heterocycles. The highest BCUT2D eigenvalue weighted by Gasteiger charge is 2.13. The Morgan fingerprint density at radius 3 is 2.32 bits per heavy atom. The molecule has 4 N–H and O–H groups in total. The molecule has 0 atom stereocenters. The van der Waals surface area contributed by atoms with Crippen LogP contribution in [-0.2, 0) is 4.79 Å². The number of aryl methyl sites for hydroxylation is 1. The third kappa shape index (κ3) is 4.48. The molecule has 0 aliphatic heterocycles. The Balaban J connectivity index is 2.27. The average molecular weight is 343 g/mol. The Hall–Kier alpha value is -3.06. The highest BCUT2D eigenvalue weighted by atomic mass is 16.5. The lowest BCUT2D eigenvalue weighted by molar-refractivity contribution is -0.114. The second-order valence-corrected chi connectivity index (χ2v) is 5.33. The topological polar surface area (TPSA) is 103 Å². The van der Waals surface area contributed by atoms with Gasteiger partial charge in [0.05, 0.1) is 32.1 Å². The van der Waals surface area contributed by atoms with E-state index in [0.717, 1.165) is 5.56 Å². The second-order valence-electron chi connectivity index (χ2n) is 5.33. The molecular formula is C18H21N3O4. The molecule has 132 valence electrons. The number of methoxy groups -OCH3 is 2. The number of anilines is 2. The molecule has 7 heteroatoms. The van der Waals surface area contributed by atoms with Crippen molar-refractivity contribution in [3.8, 4) is 11.5 Å². The molecule has 2 amide bonds. The number of nitrogens with one attached hydrogen (secondary N) is 2. The summed E-state index contributed by atoms with van der Waals surface area (Å²) in [6.07, 6.45) is 0. The van der Waals surface area contributed by atoms with E-state index in [1.807, 2.05) is 13.0 Å². The first-order valence-electron chi connectivity index (χ1n) is 7.62. The van der Waals surface area contributed by atoms with Crippen LogP contribution >= 0.6 is 0 Å². The van der Waals surface area contributed by atoms with E-state index in [9.17, 15) is 9.59 Å². The van der Waals surface area contributed by atoms with E-state index >= 15 is 0 Å². The molecule has 7 nitrogen and oxygen atoms in total. The average Bonchev–Trinajstić information content (AvgIpc) is 2.62. The van der Waals surface area contributed by atoms with Crippen molar-refractivity contribution in [2.24, 2.45) is 5.73 Å². The van der Waals surface area contributed by atoms with Crippen molar-refractivity contribution in [2.75, 3.05) is 31.4 Å². The van der Waals surface area contributed by atoms with Crippen LogP contribution in [0.1, 0.15) is 15.9 Å². The fourth-order valence-corrected chi connectivity index (χ4v) is 2.24. The summed E-state index contributed by atoms with van der Waals surface area (Å²) in [7, 11) is 3.02. The summed E-state index contributed by atoms with van der Waals surface area (Å²) in [5.74, 6) is 0.307. The zero-order chi connectivity index (χ0) is 18.4. The fraction of sp³-hybridized carbons (Fsp3) is 0.222. The smallest absolute Gasteiger partial charge is 0.255 e. The number of benzene rings is 2. The summed E-state index contributed by atoms with van der Waals surface area (Å²) < 4.78 is 10.4. The number of carbonyl (C=O) groups is 2. The van der Waals surface area contributed by atoms with Gasteiger partial charge in [0.2, 0.25) is 5.91 Å².